The van der Waals surface area contributed by atoms with Gasteiger partial charge in [0.05, 0.1) is 11.9 Å². The number of hydrogen-bond acceptors (Lipinski definition) is 3. The highest BCUT2D eigenvalue weighted by molar-refractivity contribution is 5.88. The Labute approximate surface area is 115 Å². The van der Waals surface area contributed by atoms with Gasteiger partial charge in [-0.3, -0.25) is 9.58 Å². The molecule has 0 aliphatic rings. The molecule has 1 N–H and O–H groups in total. The summed E-state index contributed by atoms with van der Waals surface area (Å²) in [6, 6.07) is 0.397. The fourth-order valence-electron chi connectivity index (χ4n) is 2.11. The molecule has 0 bridgehead atoms. The van der Waals surface area contributed by atoms with Crippen molar-refractivity contribution in [1.82, 2.24) is 14.7 Å². The summed E-state index contributed by atoms with van der Waals surface area (Å²) >= 11 is 0. The first-order valence-corrected chi connectivity index (χ1v) is 6.95. The van der Waals surface area contributed by atoms with Gasteiger partial charge in [-0.15, -0.1) is 0 Å². The minimum absolute atomic E-state index is 0.309. The fourth-order valence-corrected chi connectivity index (χ4v) is 2.11. The van der Waals surface area contributed by atoms with Crippen LogP contribution in [0.1, 0.15) is 56.1 Å². The van der Waals surface area contributed by atoms with Gasteiger partial charge in [-0.25, -0.2) is 4.79 Å². The summed E-state index contributed by atoms with van der Waals surface area (Å²) in [6.07, 6.45) is 4.98. The van der Waals surface area contributed by atoms with Crippen LogP contribution in [0.25, 0.3) is 0 Å². The number of nitrogens with zero attached hydrogens (tertiary/aromatic N) is 3. The van der Waals surface area contributed by atoms with E-state index in [9.17, 15) is 9.90 Å². The normalized spacial score (nSPS) is 11.5. The van der Waals surface area contributed by atoms with Gasteiger partial charge in [0.25, 0.3) is 0 Å². The van der Waals surface area contributed by atoms with Crippen LogP contribution in [-0.4, -0.2) is 38.3 Å². The van der Waals surface area contributed by atoms with Crippen molar-refractivity contribution >= 4 is 5.97 Å². The first-order chi connectivity index (χ1) is 8.97. The Morgan fingerprint density at radius 2 is 2.16 bits per heavy atom. The lowest BCUT2D eigenvalue weighted by Crippen LogP contribution is -2.32. The quantitative estimate of drug-likeness (QED) is 0.735. The average molecular weight is 267 g/mol. The first-order valence-electron chi connectivity index (χ1n) is 6.95. The lowest BCUT2D eigenvalue weighted by Gasteiger charge is -2.26. The summed E-state index contributed by atoms with van der Waals surface area (Å²) in [5.41, 5.74) is 1.08. The van der Waals surface area contributed by atoms with Crippen molar-refractivity contribution in [2.24, 2.45) is 7.05 Å². The first kappa shape index (κ1) is 15.7. The molecule has 1 rings (SSSR count). The van der Waals surface area contributed by atoms with Gasteiger partial charge in [0.15, 0.2) is 0 Å². The molecular weight excluding hydrogens is 242 g/mol. The fraction of sp³-hybridized carbons (Fsp3) is 0.714. The maximum absolute atomic E-state index is 11.2. The van der Waals surface area contributed by atoms with Crippen LogP contribution >= 0.6 is 0 Å². The molecule has 0 fully saturated rings. The zero-order valence-electron chi connectivity index (χ0n) is 12.4. The molecule has 1 heterocycles. The third-order valence-electron chi connectivity index (χ3n) is 3.42. The smallest absolute Gasteiger partial charge is 0.339 e. The van der Waals surface area contributed by atoms with E-state index in [2.05, 4.69) is 30.8 Å². The number of carboxylic acids is 1. The topological polar surface area (TPSA) is 58.4 Å². The van der Waals surface area contributed by atoms with Crippen molar-refractivity contribution < 1.29 is 9.90 Å². The summed E-state index contributed by atoms with van der Waals surface area (Å²) in [4.78, 5) is 13.5. The zero-order valence-corrected chi connectivity index (χ0v) is 12.4. The Morgan fingerprint density at radius 3 is 2.68 bits per heavy atom. The van der Waals surface area contributed by atoms with Crippen LogP contribution in [0.5, 0.6) is 0 Å². The van der Waals surface area contributed by atoms with Crippen LogP contribution in [-0.2, 0) is 13.6 Å². The molecule has 5 heteroatoms. The van der Waals surface area contributed by atoms with Gasteiger partial charge >= 0.3 is 5.97 Å². The van der Waals surface area contributed by atoms with Gasteiger partial charge in [0, 0.05) is 19.6 Å². The zero-order chi connectivity index (χ0) is 14.4. The highest BCUT2D eigenvalue weighted by atomic mass is 16.4. The van der Waals surface area contributed by atoms with Crippen LogP contribution in [0.4, 0.5) is 0 Å². The Hall–Kier alpha value is -1.36. The number of unbranched alkanes of at least 4 members (excludes halogenated alkanes) is 2. The molecule has 0 spiro atoms. The Bertz CT molecular complexity index is 413. The number of rotatable bonds is 8. The second kappa shape index (κ2) is 7.28. The molecule has 5 nitrogen and oxygen atoms in total. The molecule has 1 aromatic rings. The van der Waals surface area contributed by atoms with E-state index in [1.54, 1.807) is 11.7 Å². The molecule has 0 atom stereocenters. The van der Waals surface area contributed by atoms with E-state index in [0.29, 0.717) is 18.2 Å². The molecule has 0 aliphatic carbocycles. The molecular formula is C14H25N3O2. The van der Waals surface area contributed by atoms with E-state index < -0.39 is 5.97 Å². The van der Waals surface area contributed by atoms with Crippen molar-refractivity contribution in [3.8, 4) is 0 Å². The highest BCUT2D eigenvalue weighted by Gasteiger charge is 2.19. The molecule has 0 unspecified atom stereocenters. The van der Waals surface area contributed by atoms with Crippen molar-refractivity contribution in [2.45, 2.75) is 52.6 Å². The Kier molecular flexibility index (Phi) is 6.02. The third kappa shape index (κ3) is 4.35. The largest absolute Gasteiger partial charge is 0.478 e. The lowest BCUT2D eigenvalue weighted by atomic mass is 10.2. The number of aryl methyl sites for hydroxylation is 1. The maximum Gasteiger partial charge on any atom is 0.339 e. The van der Waals surface area contributed by atoms with Gasteiger partial charge in [0.2, 0.25) is 0 Å². The standard InChI is InChI=1S/C14H25N3O2/c1-5-6-7-8-17(11(2)3)10-13-12(14(18)19)9-15-16(13)4/h9,11H,5-8,10H2,1-4H3,(H,18,19). The van der Waals surface area contributed by atoms with E-state index in [0.717, 1.165) is 18.7 Å². The summed E-state index contributed by atoms with van der Waals surface area (Å²) < 4.78 is 1.67. The van der Waals surface area contributed by atoms with E-state index >= 15 is 0 Å². The molecule has 1 aromatic heterocycles. The van der Waals surface area contributed by atoms with E-state index in [1.807, 2.05) is 0 Å². The minimum atomic E-state index is -0.902. The molecule has 0 radical (unpaired) electrons. The van der Waals surface area contributed by atoms with Crippen LogP contribution in [0, 0.1) is 0 Å². The number of carboxylic acid groups (broad SMARTS) is 1. The summed E-state index contributed by atoms with van der Waals surface area (Å²) in [5.74, 6) is -0.902. The van der Waals surface area contributed by atoms with Crippen LogP contribution < -0.4 is 0 Å². The number of hydrogen-bond donors (Lipinski definition) is 1. The van der Waals surface area contributed by atoms with Crippen LogP contribution in [0.2, 0.25) is 0 Å². The van der Waals surface area contributed by atoms with Crippen LogP contribution in [0.3, 0.4) is 0 Å². The second-order valence-electron chi connectivity index (χ2n) is 5.21. The molecule has 108 valence electrons. The van der Waals surface area contributed by atoms with Crippen molar-refractivity contribution in [1.29, 1.82) is 0 Å². The molecule has 0 saturated carbocycles. The summed E-state index contributed by atoms with van der Waals surface area (Å²) in [6.45, 7) is 8.10. The van der Waals surface area contributed by atoms with Gasteiger partial charge in [-0.1, -0.05) is 19.8 Å². The lowest BCUT2D eigenvalue weighted by molar-refractivity contribution is 0.0693. The predicted octanol–water partition coefficient (Wildman–Crippen LogP) is 2.52. The summed E-state index contributed by atoms with van der Waals surface area (Å²) in [7, 11) is 1.80. The van der Waals surface area contributed by atoms with Gasteiger partial charge in [-0.2, -0.15) is 5.10 Å². The molecule has 0 saturated heterocycles. The van der Waals surface area contributed by atoms with E-state index in [1.165, 1.54) is 19.0 Å². The van der Waals surface area contributed by atoms with E-state index in [-0.39, 0.29) is 0 Å². The predicted molar refractivity (Wildman–Crippen MR) is 75.2 cm³/mol. The van der Waals surface area contributed by atoms with Gasteiger partial charge in [0.1, 0.15) is 5.56 Å². The second-order valence-corrected chi connectivity index (χ2v) is 5.21. The van der Waals surface area contributed by atoms with Crippen molar-refractivity contribution in [2.75, 3.05) is 6.54 Å². The summed E-state index contributed by atoms with van der Waals surface area (Å²) in [5, 5.41) is 13.2. The van der Waals surface area contributed by atoms with Gasteiger partial charge < -0.3 is 5.11 Å². The molecule has 0 aromatic carbocycles. The SMILES string of the molecule is CCCCCN(Cc1c(C(=O)O)cnn1C)C(C)C. The van der Waals surface area contributed by atoms with Crippen molar-refractivity contribution in [3.05, 3.63) is 17.5 Å². The van der Waals surface area contributed by atoms with Gasteiger partial charge in [-0.05, 0) is 26.8 Å². The molecule has 0 aliphatic heterocycles. The molecule has 19 heavy (non-hydrogen) atoms. The average Bonchev–Trinajstić information content (AvgIpc) is 2.69. The monoisotopic (exact) mass is 267 g/mol. The Morgan fingerprint density at radius 1 is 1.47 bits per heavy atom. The maximum atomic E-state index is 11.2. The Balaban J connectivity index is 2.78. The van der Waals surface area contributed by atoms with Crippen molar-refractivity contribution in [3.63, 3.8) is 0 Å². The number of aromatic nitrogens is 2. The van der Waals surface area contributed by atoms with E-state index in [4.69, 9.17) is 0 Å². The number of carbonyl (C=O) groups is 1. The third-order valence-corrected chi connectivity index (χ3v) is 3.42. The molecule has 0 amide bonds. The van der Waals surface area contributed by atoms with Crippen LogP contribution in [0.15, 0.2) is 6.20 Å². The minimum Gasteiger partial charge on any atom is -0.478 e. The number of aromatic carboxylic acids is 1. The highest BCUT2D eigenvalue weighted by Crippen LogP contribution is 2.14.